The maximum atomic E-state index is 12.3. The van der Waals surface area contributed by atoms with Crippen LogP contribution >= 0.6 is 0 Å². The van der Waals surface area contributed by atoms with Gasteiger partial charge in [0.25, 0.3) is 0 Å². The highest BCUT2D eigenvalue weighted by molar-refractivity contribution is 5.76. The van der Waals surface area contributed by atoms with Crippen molar-refractivity contribution in [3.8, 4) is 0 Å². The van der Waals surface area contributed by atoms with E-state index in [1.807, 2.05) is 20.8 Å². The molecule has 2 aliphatic carbocycles. The summed E-state index contributed by atoms with van der Waals surface area (Å²) >= 11 is 0. The fraction of sp³-hybridized carbons (Fsp3) is 0.938. The van der Waals surface area contributed by atoms with Crippen LogP contribution in [-0.4, -0.2) is 29.7 Å². The van der Waals surface area contributed by atoms with Crippen LogP contribution < -0.4 is 10.6 Å². The van der Waals surface area contributed by atoms with Crippen molar-refractivity contribution >= 4 is 12.0 Å². The fourth-order valence-electron chi connectivity index (χ4n) is 6.29. The molecule has 2 saturated carbocycles. The van der Waals surface area contributed by atoms with Gasteiger partial charge in [-0.25, -0.2) is 4.79 Å². The lowest BCUT2D eigenvalue weighted by atomic mass is 9.52. The van der Waals surface area contributed by atoms with E-state index in [2.05, 4.69) is 17.6 Å². The van der Waals surface area contributed by atoms with E-state index in [0.29, 0.717) is 17.9 Å². The summed E-state index contributed by atoms with van der Waals surface area (Å²) < 4.78 is 5.34. The number of alkyl carbamates (subject to hydrolysis) is 1. The largest absolute Gasteiger partial charge is 0.444 e. The minimum Gasteiger partial charge on any atom is -0.444 e. The van der Waals surface area contributed by atoms with Crippen LogP contribution in [-0.2, 0) is 9.53 Å². The second-order valence-electron chi connectivity index (χ2n) is 13.3. The summed E-state index contributed by atoms with van der Waals surface area (Å²) in [4.78, 5) is 24.2. The van der Waals surface area contributed by atoms with Gasteiger partial charge in [-0.2, -0.15) is 0 Å². The summed E-state index contributed by atoms with van der Waals surface area (Å²) in [5.74, 6) is 0.226. The molecule has 5 nitrogen and oxygen atoms in total. The van der Waals surface area contributed by atoms with Gasteiger partial charge in [0.1, 0.15) is 5.60 Å². The van der Waals surface area contributed by atoms with Crippen molar-refractivity contribution in [1.29, 1.82) is 0 Å². The molecule has 1 spiro atoms. The number of carbonyl (C=O) groups excluding carboxylic acids is 2. The summed E-state index contributed by atoms with van der Waals surface area (Å²) in [6.07, 6.45) is 27.7. The Morgan fingerprint density at radius 2 is 1.03 bits per heavy atom. The topological polar surface area (TPSA) is 67.4 Å². The molecular weight excluding hydrogens is 460 g/mol. The molecule has 2 fully saturated rings. The van der Waals surface area contributed by atoms with Crippen molar-refractivity contribution in [2.75, 3.05) is 0 Å². The van der Waals surface area contributed by atoms with Crippen LogP contribution in [0.5, 0.6) is 0 Å². The van der Waals surface area contributed by atoms with Gasteiger partial charge in [0.15, 0.2) is 0 Å². The van der Waals surface area contributed by atoms with E-state index in [4.69, 9.17) is 4.74 Å². The van der Waals surface area contributed by atoms with Gasteiger partial charge in [-0.1, -0.05) is 110 Å². The van der Waals surface area contributed by atoms with Crippen LogP contribution in [0.4, 0.5) is 4.79 Å². The quantitative estimate of drug-likeness (QED) is 0.157. The number of ether oxygens (including phenoxy) is 1. The molecule has 37 heavy (non-hydrogen) atoms. The lowest BCUT2D eigenvalue weighted by Crippen LogP contribution is -2.61. The van der Waals surface area contributed by atoms with Crippen molar-refractivity contribution in [2.24, 2.45) is 5.41 Å². The third-order valence-corrected chi connectivity index (χ3v) is 8.31. The number of hydrogen-bond donors (Lipinski definition) is 2. The van der Waals surface area contributed by atoms with E-state index < -0.39 is 5.60 Å². The second-order valence-corrected chi connectivity index (χ2v) is 13.3. The first-order valence-corrected chi connectivity index (χ1v) is 16.0. The Hall–Kier alpha value is -1.26. The van der Waals surface area contributed by atoms with Gasteiger partial charge < -0.3 is 15.4 Å². The lowest BCUT2D eigenvalue weighted by molar-refractivity contribution is -0.125. The summed E-state index contributed by atoms with van der Waals surface area (Å²) in [5, 5.41) is 6.21. The zero-order valence-electron chi connectivity index (χ0n) is 24.9. The first-order valence-electron chi connectivity index (χ1n) is 16.0. The fourth-order valence-corrected chi connectivity index (χ4v) is 6.29. The first kappa shape index (κ1) is 32.0. The Kier molecular flexibility index (Phi) is 15.0. The van der Waals surface area contributed by atoms with Crippen molar-refractivity contribution in [1.82, 2.24) is 10.6 Å². The van der Waals surface area contributed by atoms with E-state index in [1.54, 1.807) is 0 Å². The number of carbonyl (C=O) groups is 2. The summed E-state index contributed by atoms with van der Waals surface area (Å²) in [7, 11) is 0. The third-order valence-electron chi connectivity index (χ3n) is 8.31. The van der Waals surface area contributed by atoms with Crippen LogP contribution in [0.1, 0.15) is 169 Å². The maximum absolute atomic E-state index is 12.3. The smallest absolute Gasteiger partial charge is 0.407 e. The summed E-state index contributed by atoms with van der Waals surface area (Å²) in [6.45, 7) is 7.94. The molecule has 2 N–H and O–H groups in total. The van der Waals surface area contributed by atoms with Crippen molar-refractivity contribution < 1.29 is 14.3 Å². The molecule has 2 aliphatic rings. The number of rotatable bonds is 20. The molecule has 0 saturated heterocycles. The molecule has 2 rings (SSSR count). The van der Waals surface area contributed by atoms with Crippen LogP contribution in [0, 0.1) is 5.41 Å². The number of unbranched alkanes of at least 4 members (excludes halogenated alkanes) is 16. The van der Waals surface area contributed by atoms with Gasteiger partial charge >= 0.3 is 6.09 Å². The van der Waals surface area contributed by atoms with Gasteiger partial charge in [0, 0.05) is 18.5 Å². The van der Waals surface area contributed by atoms with E-state index in [-0.39, 0.29) is 18.0 Å². The minimum absolute atomic E-state index is 0.224. The zero-order chi connectivity index (χ0) is 27.0. The van der Waals surface area contributed by atoms with Crippen LogP contribution in [0.3, 0.4) is 0 Å². The van der Waals surface area contributed by atoms with Crippen molar-refractivity contribution in [3.63, 3.8) is 0 Å². The average Bonchev–Trinajstić information content (AvgIpc) is 2.77. The maximum Gasteiger partial charge on any atom is 0.407 e. The minimum atomic E-state index is -0.455. The van der Waals surface area contributed by atoms with Crippen molar-refractivity contribution in [3.05, 3.63) is 0 Å². The van der Waals surface area contributed by atoms with Gasteiger partial charge in [-0.3, -0.25) is 4.79 Å². The first-order chi connectivity index (χ1) is 17.7. The van der Waals surface area contributed by atoms with E-state index >= 15 is 0 Å². The predicted octanol–water partition coefficient (Wildman–Crippen LogP) is 8.98. The number of amides is 2. The zero-order valence-corrected chi connectivity index (χ0v) is 24.9. The Balaban J connectivity index is 1.31. The Morgan fingerprint density at radius 1 is 0.649 bits per heavy atom. The highest BCUT2D eigenvalue weighted by atomic mass is 16.6. The molecule has 0 atom stereocenters. The molecule has 0 aromatic rings. The molecule has 0 aliphatic heterocycles. The molecule has 5 heteroatoms. The SMILES string of the molecule is CCCCCCCCCCCCCCCCCCCC(=O)NC1CC2(C1)CC(NC(=O)OC(C)(C)C)C2. The number of nitrogens with one attached hydrogen (secondary N) is 2. The molecule has 2 amide bonds. The Morgan fingerprint density at radius 3 is 1.43 bits per heavy atom. The average molecular weight is 521 g/mol. The van der Waals surface area contributed by atoms with Gasteiger partial charge in [0.05, 0.1) is 0 Å². The molecule has 0 aromatic heterocycles. The normalized spacial score (nSPS) is 22.8. The van der Waals surface area contributed by atoms with Crippen LogP contribution in [0.15, 0.2) is 0 Å². The van der Waals surface area contributed by atoms with Crippen LogP contribution in [0.25, 0.3) is 0 Å². The van der Waals surface area contributed by atoms with Crippen LogP contribution in [0.2, 0.25) is 0 Å². The van der Waals surface area contributed by atoms with E-state index in [9.17, 15) is 9.59 Å². The second kappa shape index (κ2) is 17.4. The monoisotopic (exact) mass is 520 g/mol. The molecule has 216 valence electrons. The highest BCUT2D eigenvalue weighted by Crippen LogP contribution is 2.55. The molecule has 0 unspecified atom stereocenters. The third kappa shape index (κ3) is 14.5. The standard InChI is InChI=1S/C32H60N2O3/c1-5-6-7-8-9-10-11-12-13-14-15-16-17-18-19-20-21-22-29(35)33-27-23-32(24-27)25-28(26-32)34-30(36)37-31(2,3)4/h27-28H,5-26H2,1-4H3,(H,33,35)(H,34,36). The molecule has 0 radical (unpaired) electrons. The summed E-state index contributed by atoms with van der Waals surface area (Å²) in [6, 6.07) is 0.558. The summed E-state index contributed by atoms with van der Waals surface area (Å²) in [5.41, 5.74) is -0.116. The van der Waals surface area contributed by atoms with E-state index in [1.165, 1.54) is 103 Å². The van der Waals surface area contributed by atoms with Gasteiger partial charge in [0.2, 0.25) is 5.91 Å². The predicted molar refractivity (Wildman–Crippen MR) is 155 cm³/mol. The molecule has 0 heterocycles. The number of hydrogen-bond acceptors (Lipinski definition) is 3. The van der Waals surface area contributed by atoms with E-state index in [0.717, 1.165) is 32.1 Å². The Labute approximate surface area is 229 Å². The van der Waals surface area contributed by atoms with Crippen molar-refractivity contribution in [2.45, 2.75) is 187 Å². The van der Waals surface area contributed by atoms with Gasteiger partial charge in [-0.15, -0.1) is 0 Å². The molecule has 0 aromatic carbocycles. The lowest BCUT2D eigenvalue weighted by Gasteiger charge is -2.57. The Bertz CT molecular complexity index is 628. The van der Waals surface area contributed by atoms with Gasteiger partial charge in [-0.05, 0) is 58.3 Å². The highest BCUT2D eigenvalue weighted by Gasteiger charge is 2.53. The molecule has 0 bridgehead atoms. The molecular formula is C32H60N2O3.